The van der Waals surface area contributed by atoms with Gasteiger partial charge in [-0.3, -0.25) is 4.99 Å². The number of aliphatic imine (C=N–C) groups is 1. The van der Waals surface area contributed by atoms with Gasteiger partial charge in [0.05, 0.1) is 7.11 Å². The average molecular weight is 403 g/mol. The monoisotopic (exact) mass is 403 g/mol. The first-order valence-corrected chi connectivity index (χ1v) is 7.45. The van der Waals surface area contributed by atoms with E-state index < -0.39 is 0 Å². The van der Waals surface area contributed by atoms with Gasteiger partial charge in [0.1, 0.15) is 5.75 Å². The summed E-state index contributed by atoms with van der Waals surface area (Å²) < 4.78 is 5.30. The predicted molar refractivity (Wildman–Crippen MR) is 98.9 cm³/mol. The van der Waals surface area contributed by atoms with Crippen LogP contribution in [0, 0.1) is 0 Å². The van der Waals surface area contributed by atoms with Crippen LogP contribution in [0.5, 0.6) is 5.75 Å². The molecule has 2 rings (SSSR count). The maximum absolute atomic E-state index is 5.86. The molecule has 1 aliphatic carbocycles. The number of benzene rings is 1. The molecule has 0 heterocycles. The Morgan fingerprint density at radius 2 is 2.29 bits per heavy atom. The van der Waals surface area contributed by atoms with Crippen molar-refractivity contribution < 1.29 is 4.74 Å². The van der Waals surface area contributed by atoms with Crippen molar-refractivity contribution in [2.24, 2.45) is 10.7 Å². The van der Waals surface area contributed by atoms with Crippen molar-refractivity contribution in [1.82, 2.24) is 5.32 Å². The van der Waals surface area contributed by atoms with E-state index in [1.165, 1.54) is 24.0 Å². The zero-order valence-corrected chi connectivity index (χ0v) is 15.2. The van der Waals surface area contributed by atoms with E-state index in [0.717, 1.165) is 31.7 Å². The molecule has 118 valence electrons. The SMILES string of the molecule is CCCNC(N)=NCC1CCCc2cc(OC)ccc21.I. The Morgan fingerprint density at radius 3 is 3.00 bits per heavy atom. The maximum atomic E-state index is 5.86. The Labute approximate surface area is 144 Å². The molecule has 21 heavy (non-hydrogen) atoms. The first kappa shape index (κ1) is 18.1. The van der Waals surface area contributed by atoms with Gasteiger partial charge in [-0.2, -0.15) is 0 Å². The summed E-state index contributed by atoms with van der Waals surface area (Å²) in [5.41, 5.74) is 8.67. The lowest BCUT2D eigenvalue weighted by molar-refractivity contribution is 0.413. The number of nitrogens with two attached hydrogens (primary N) is 1. The molecule has 0 saturated carbocycles. The lowest BCUT2D eigenvalue weighted by atomic mass is 9.83. The Bertz CT molecular complexity index is 477. The lowest BCUT2D eigenvalue weighted by Gasteiger charge is -2.24. The van der Waals surface area contributed by atoms with Gasteiger partial charge in [-0.25, -0.2) is 0 Å². The highest BCUT2D eigenvalue weighted by molar-refractivity contribution is 14.0. The van der Waals surface area contributed by atoms with E-state index >= 15 is 0 Å². The first-order chi connectivity index (χ1) is 9.74. The summed E-state index contributed by atoms with van der Waals surface area (Å²) in [6.45, 7) is 3.76. The van der Waals surface area contributed by atoms with Crippen LogP contribution in [0.15, 0.2) is 23.2 Å². The summed E-state index contributed by atoms with van der Waals surface area (Å²) in [5.74, 6) is 1.98. The van der Waals surface area contributed by atoms with Crippen molar-refractivity contribution in [2.45, 2.75) is 38.5 Å². The van der Waals surface area contributed by atoms with Crippen LogP contribution in [0.1, 0.15) is 43.2 Å². The molecule has 0 aromatic heterocycles. The Hall–Kier alpha value is -0.980. The number of guanidine groups is 1. The molecule has 0 bridgehead atoms. The summed E-state index contributed by atoms with van der Waals surface area (Å²) in [7, 11) is 1.71. The molecule has 1 aliphatic rings. The summed E-state index contributed by atoms with van der Waals surface area (Å²) in [5, 5.41) is 3.12. The second kappa shape index (κ2) is 9.12. The molecule has 0 amide bonds. The second-order valence-corrected chi connectivity index (χ2v) is 5.31. The van der Waals surface area contributed by atoms with Crippen molar-refractivity contribution in [2.75, 3.05) is 20.2 Å². The number of fused-ring (bicyclic) bond motifs is 1. The normalized spacial score (nSPS) is 17.6. The van der Waals surface area contributed by atoms with Gasteiger partial charge >= 0.3 is 0 Å². The summed E-state index contributed by atoms with van der Waals surface area (Å²) in [6.07, 6.45) is 4.59. The summed E-state index contributed by atoms with van der Waals surface area (Å²) in [4.78, 5) is 4.48. The highest BCUT2D eigenvalue weighted by Crippen LogP contribution is 2.33. The highest BCUT2D eigenvalue weighted by Gasteiger charge is 2.20. The van der Waals surface area contributed by atoms with Crippen molar-refractivity contribution >= 4 is 29.9 Å². The molecule has 1 atom stereocenters. The smallest absolute Gasteiger partial charge is 0.188 e. The maximum Gasteiger partial charge on any atom is 0.188 e. The van der Waals surface area contributed by atoms with Crippen molar-refractivity contribution in [3.63, 3.8) is 0 Å². The van der Waals surface area contributed by atoms with E-state index in [0.29, 0.717) is 11.9 Å². The summed E-state index contributed by atoms with van der Waals surface area (Å²) in [6, 6.07) is 6.38. The zero-order chi connectivity index (χ0) is 14.4. The minimum absolute atomic E-state index is 0. The molecule has 1 aromatic rings. The second-order valence-electron chi connectivity index (χ2n) is 5.31. The first-order valence-electron chi connectivity index (χ1n) is 7.45. The molecule has 5 heteroatoms. The van der Waals surface area contributed by atoms with Gasteiger partial charge in [0.25, 0.3) is 0 Å². The van der Waals surface area contributed by atoms with Gasteiger partial charge in [0.2, 0.25) is 0 Å². The van der Waals surface area contributed by atoms with Gasteiger partial charge in [-0.1, -0.05) is 13.0 Å². The molecule has 3 N–H and O–H groups in total. The number of hydrogen-bond acceptors (Lipinski definition) is 2. The van der Waals surface area contributed by atoms with E-state index in [9.17, 15) is 0 Å². The number of halogens is 1. The minimum atomic E-state index is 0. The van der Waals surface area contributed by atoms with Gasteiger partial charge < -0.3 is 15.8 Å². The molecule has 0 aliphatic heterocycles. The lowest BCUT2D eigenvalue weighted by Crippen LogP contribution is -2.32. The van der Waals surface area contributed by atoms with Crippen LogP contribution >= 0.6 is 24.0 Å². The van der Waals surface area contributed by atoms with Gasteiger partial charge in [0, 0.05) is 19.0 Å². The molecular formula is C16H26IN3O. The number of ether oxygens (including phenoxy) is 1. The Kier molecular flexibility index (Phi) is 7.85. The summed E-state index contributed by atoms with van der Waals surface area (Å²) >= 11 is 0. The number of rotatable bonds is 5. The van der Waals surface area contributed by atoms with Crippen LogP contribution in [-0.4, -0.2) is 26.2 Å². The number of aryl methyl sites for hydroxylation is 1. The van der Waals surface area contributed by atoms with Crippen LogP contribution in [-0.2, 0) is 6.42 Å². The highest BCUT2D eigenvalue weighted by atomic mass is 127. The zero-order valence-electron chi connectivity index (χ0n) is 12.9. The third-order valence-electron chi connectivity index (χ3n) is 3.83. The molecule has 1 unspecified atom stereocenters. The van der Waals surface area contributed by atoms with Crippen LogP contribution in [0.3, 0.4) is 0 Å². The number of nitrogens with zero attached hydrogens (tertiary/aromatic N) is 1. The minimum Gasteiger partial charge on any atom is -0.497 e. The molecule has 0 spiro atoms. The Morgan fingerprint density at radius 1 is 1.48 bits per heavy atom. The fraction of sp³-hybridized carbons (Fsp3) is 0.562. The predicted octanol–water partition coefficient (Wildman–Crippen LogP) is 3.05. The fourth-order valence-electron chi connectivity index (χ4n) is 2.73. The van der Waals surface area contributed by atoms with Crippen molar-refractivity contribution in [3.05, 3.63) is 29.3 Å². The molecule has 0 radical (unpaired) electrons. The quantitative estimate of drug-likeness (QED) is 0.452. The molecule has 1 aromatic carbocycles. The van der Waals surface area contributed by atoms with Crippen LogP contribution in [0.25, 0.3) is 0 Å². The third-order valence-corrected chi connectivity index (χ3v) is 3.83. The number of methoxy groups -OCH3 is 1. The van der Waals surface area contributed by atoms with E-state index in [1.807, 2.05) is 6.07 Å². The molecule has 0 fully saturated rings. The van der Waals surface area contributed by atoms with Gasteiger partial charge in [-0.05, 0) is 48.9 Å². The van der Waals surface area contributed by atoms with Crippen LogP contribution < -0.4 is 15.8 Å². The fourth-order valence-corrected chi connectivity index (χ4v) is 2.73. The topological polar surface area (TPSA) is 59.6 Å². The Balaban J connectivity index is 0.00000220. The largest absolute Gasteiger partial charge is 0.497 e. The van der Waals surface area contributed by atoms with Crippen molar-refractivity contribution in [3.8, 4) is 5.75 Å². The van der Waals surface area contributed by atoms with Gasteiger partial charge in [0.15, 0.2) is 5.96 Å². The van der Waals surface area contributed by atoms with E-state index in [2.05, 4.69) is 29.4 Å². The van der Waals surface area contributed by atoms with Gasteiger partial charge in [-0.15, -0.1) is 24.0 Å². The number of hydrogen-bond donors (Lipinski definition) is 2. The standard InChI is InChI=1S/C16H25N3O.HI/c1-3-9-18-16(17)19-11-13-6-4-5-12-10-14(20-2)7-8-15(12)13;/h7-8,10,13H,3-6,9,11H2,1-2H3,(H3,17,18,19);1H. The molecule has 4 nitrogen and oxygen atoms in total. The van der Waals surface area contributed by atoms with E-state index in [1.54, 1.807) is 7.11 Å². The van der Waals surface area contributed by atoms with Crippen LogP contribution in [0.2, 0.25) is 0 Å². The van der Waals surface area contributed by atoms with E-state index in [-0.39, 0.29) is 24.0 Å². The molecular weight excluding hydrogens is 377 g/mol. The average Bonchev–Trinajstić information content (AvgIpc) is 2.50. The van der Waals surface area contributed by atoms with Crippen molar-refractivity contribution in [1.29, 1.82) is 0 Å². The third kappa shape index (κ3) is 5.05. The molecule has 0 saturated heterocycles. The van der Waals surface area contributed by atoms with E-state index in [4.69, 9.17) is 10.5 Å². The number of nitrogens with one attached hydrogen (secondary N) is 1. The van der Waals surface area contributed by atoms with Crippen LogP contribution in [0.4, 0.5) is 0 Å².